The molecule has 0 aliphatic heterocycles. The quantitative estimate of drug-likeness (QED) is 0.518. The predicted octanol–water partition coefficient (Wildman–Crippen LogP) is 5.91. The van der Waals surface area contributed by atoms with E-state index in [1.54, 1.807) is 36.4 Å². The van der Waals surface area contributed by atoms with E-state index >= 15 is 0 Å². The number of rotatable bonds is 4. The Hall–Kier alpha value is -2.60. The van der Waals surface area contributed by atoms with Crippen LogP contribution in [-0.2, 0) is 0 Å². The molecule has 0 saturated carbocycles. The molecule has 0 heterocycles. The number of thiocarbonyl (C=S) groups is 1. The van der Waals surface area contributed by atoms with Crippen LogP contribution in [-0.4, -0.2) is 11.0 Å². The molecule has 0 spiro atoms. The molecule has 0 fully saturated rings. The maximum Gasteiger partial charge on any atom is 0.257 e. The van der Waals surface area contributed by atoms with Gasteiger partial charge in [-0.05, 0) is 66.8 Å². The minimum atomic E-state index is -0.380. The number of para-hydroxylation sites is 1. The van der Waals surface area contributed by atoms with Crippen molar-refractivity contribution in [3.05, 3.63) is 88.4 Å². The van der Waals surface area contributed by atoms with Crippen LogP contribution in [0.2, 0.25) is 10.0 Å². The van der Waals surface area contributed by atoms with Crippen molar-refractivity contribution < 1.29 is 9.53 Å². The molecule has 0 aliphatic rings. The lowest BCUT2D eigenvalue weighted by Crippen LogP contribution is -2.34. The van der Waals surface area contributed by atoms with Crippen molar-refractivity contribution in [2.45, 2.75) is 0 Å². The summed E-state index contributed by atoms with van der Waals surface area (Å²) in [5.41, 5.74) is 1.08. The molecular formula is C20H14Cl2N2O2S. The zero-order chi connectivity index (χ0) is 19.2. The highest BCUT2D eigenvalue weighted by atomic mass is 35.5. The van der Waals surface area contributed by atoms with Gasteiger partial charge in [-0.3, -0.25) is 10.1 Å². The third-order valence-electron chi connectivity index (χ3n) is 3.50. The number of benzene rings is 3. The smallest absolute Gasteiger partial charge is 0.257 e. The summed E-state index contributed by atoms with van der Waals surface area (Å²) in [5.74, 6) is 1.07. The maximum atomic E-state index is 12.2. The second-order valence-electron chi connectivity index (χ2n) is 5.48. The number of hydrogen-bond donors (Lipinski definition) is 2. The van der Waals surface area contributed by atoms with Crippen molar-refractivity contribution in [1.82, 2.24) is 5.32 Å². The number of anilines is 1. The Bertz CT molecular complexity index is 963. The average Bonchev–Trinajstić information content (AvgIpc) is 2.66. The molecule has 3 aromatic carbocycles. The van der Waals surface area contributed by atoms with Gasteiger partial charge in [-0.25, -0.2) is 0 Å². The molecule has 0 radical (unpaired) electrons. The van der Waals surface area contributed by atoms with E-state index in [-0.39, 0.29) is 11.0 Å². The normalized spacial score (nSPS) is 10.1. The van der Waals surface area contributed by atoms with Crippen LogP contribution in [0.15, 0.2) is 72.8 Å². The van der Waals surface area contributed by atoms with E-state index in [4.69, 9.17) is 40.2 Å². The molecule has 0 aromatic heterocycles. The number of halogens is 2. The second kappa shape index (κ2) is 8.86. The second-order valence-corrected chi connectivity index (χ2v) is 6.70. The minimum Gasteiger partial charge on any atom is -0.457 e. The van der Waals surface area contributed by atoms with E-state index < -0.39 is 0 Å². The lowest BCUT2D eigenvalue weighted by Gasteiger charge is -2.11. The Kier molecular flexibility index (Phi) is 6.29. The van der Waals surface area contributed by atoms with Gasteiger partial charge in [0, 0.05) is 11.3 Å². The Morgan fingerprint density at radius 1 is 0.852 bits per heavy atom. The van der Waals surface area contributed by atoms with Crippen LogP contribution in [0, 0.1) is 0 Å². The van der Waals surface area contributed by atoms with Crippen molar-refractivity contribution in [3.8, 4) is 11.5 Å². The Balaban J connectivity index is 1.57. The molecule has 136 valence electrons. The molecule has 0 aliphatic carbocycles. The Morgan fingerprint density at radius 2 is 1.52 bits per heavy atom. The fraction of sp³-hybridized carbons (Fsp3) is 0. The van der Waals surface area contributed by atoms with Gasteiger partial charge in [0.15, 0.2) is 5.11 Å². The first kappa shape index (κ1) is 19.2. The molecule has 0 bridgehead atoms. The summed E-state index contributed by atoms with van der Waals surface area (Å²) in [7, 11) is 0. The highest BCUT2D eigenvalue weighted by Gasteiger charge is 2.10. The number of hydrogen-bond acceptors (Lipinski definition) is 3. The lowest BCUT2D eigenvalue weighted by atomic mass is 10.2. The van der Waals surface area contributed by atoms with E-state index in [1.165, 1.54) is 6.07 Å². The third-order valence-corrected chi connectivity index (χ3v) is 4.44. The molecule has 0 saturated heterocycles. The van der Waals surface area contributed by atoms with E-state index in [0.29, 0.717) is 21.4 Å². The number of carbonyl (C=O) groups is 1. The summed E-state index contributed by atoms with van der Waals surface area (Å²) < 4.78 is 5.73. The summed E-state index contributed by atoms with van der Waals surface area (Å²) in [5, 5.41) is 6.39. The Morgan fingerprint density at radius 3 is 2.19 bits per heavy atom. The molecule has 3 rings (SSSR count). The van der Waals surface area contributed by atoms with Crippen LogP contribution in [0.1, 0.15) is 10.4 Å². The van der Waals surface area contributed by atoms with Crippen LogP contribution < -0.4 is 15.4 Å². The van der Waals surface area contributed by atoms with E-state index in [0.717, 1.165) is 11.4 Å². The third kappa shape index (κ3) is 5.44. The summed E-state index contributed by atoms with van der Waals surface area (Å²) in [6, 6.07) is 21.3. The maximum absolute atomic E-state index is 12.2. The summed E-state index contributed by atoms with van der Waals surface area (Å²) >= 11 is 17.0. The van der Waals surface area contributed by atoms with Gasteiger partial charge in [0.1, 0.15) is 11.5 Å². The fourth-order valence-corrected chi connectivity index (χ4v) is 2.71. The first-order valence-corrected chi connectivity index (χ1v) is 9.08. The van der Waals surface area contributed by atoms with Gasteiger partial charge < -0.3 is 10.1 Å². The molecule has 4 nitrogen and oxygen atoms in total. The van der Waals surface area contributed by atoms with Crippen molar-refractivity contribution >= 4 is 52.1 Å². The number of carbonyl (C=O) groups excluding carboxylic acids is 1. The van der Waals surface area contributed by atoms with Crippen molar-refractivity contribution in [2.75, 3.05) is 5.32 Å². The number of amides is 1. The van der Waals surface area contributed by atoms with Crippen LogP contribution in [0.25, 0.3) is 0 Å². The summed E-state index contributed by atoms with van der Waals surface area (Å²) in [4.78, 5) is 12.2. The van der Waals surface area contributed by atoms with Crippen molar-refractivity contribution in [2.24, 2.45) is 0 Å². The first-order valence-electron chi connectivity index (χ1n) is 7.91. The molecule has 27 heavy (non-hydrogen) atoms. The monoisotopic (exact) mass is 416 g/mol. The molecule has 7 heteroatoms. The van der Waals surface area contributed by atoms with Gasteiger partial charge in [0.25, 0.3) is 5.91 Å². The standard InChI is InChI=1S/C20H14Cl2N2O2S/c21-17-11-6-13(12-18(17)22)19(25)24-20(27)23-14-7-9-16(10-8-14)26-15-4-2-1-3-5-15/h1-12H,(H2,23,24,25,27). The van der Waals surface area contributed by atoms with Crippen molar-refractivity contribution in [1.29, 1.82) is 0 Å². The topological polar surface area (TPSA) is 50.4 Å². The van der Waals surface area contributed by atoms with Gasteiger partial charge >= 0.3 is 0 Å². The van der Waals surface area contributed by atoms with Crippen LogP contribution in [0.4, 0.5) is 5.69 Å². The van der Waals surface area contributed by atoms with E-state index in [9.17, 15) is 4.79 Å². The van der Waals surface area contributed by atoms with Gasteiger partial charge in [0.2, 0.25) is 0 Å². The molecular weight excluding hydrogens is 403 g/mol. The van der Waals surface area contributed by atoms with Crippen molar-refractivity contribution in [3.63, 3.8) is 0 Å². The highest BCUT2D eigenvalue weighted by Crippen LogP contribution is 2.23. The zero-order valence-corrected chi connectivity index (χ0v) is 16.2. The van der Waals surface area contributed by atoms with Gasteiger partial charge in [0.05, 0.1) is 10.0 Å². The Labute approximate surface area is 172 Å². The van der Waals surface area contributed by atoms with Gasteiger partial charge in [-0.2, -0.15) is 0 Å². The molecule has 2 N–H and O–H groups in total. The fourth-order valence-electron chi connectivity index (χ4n) is 2.21. The van der Waals surface area contributed by atoms with E-state index in [1.807, 2.05) is 30.3 Å². The van der Waals surface area contributed by atoms with E-state index in [2.05, 4.69) is 10.6 Å². The molecule has 1 amide bonds. The van der Waals surface area contributed by atoms with Crippen LogP contribution in [0.3, 0.4) is 0 Å². The van der Waals surface area contributed by atoms with Crippen LogP contribution in [0.5, 0.6) is 11.5 Å². The molecule has 0 atom stereocenters. The summed E-state index contributed by atoms with van der Waals surface area (Å²) in [6.45, 7) is 0. The summed E-state index contributed by atoms with van der Waals surface area (Å²) in [6.07, 6.45) is 0. The van der Waals surface area contributed by atoms with Crippen LogP contribution >= 0.6 is 35.4 Å². The van der Waals surface area contributed by atoms with Gasteiger partial charge in [-0.15, -0.1) is 0 Å². The predicted molar refractivity (Wildman–Crippen MR) is 113 cm³/mol. The SMILES string of the molecule is O=C(NC(=S)Nc1ccc(Oc2ccccc2)cc1)c1ccc(Cl)c(Cl)c1. The zero-order valence-electron chi connectivity index (χ0n) is 13.9. The average molecular weight is 417 g/mol. The largest absolute Gasteiger partial charge is 0.457 e. The van der Waals surface area contributed by atoms with Gasteiger partial charge in [-0.1, -0.05) is 41.4 Å². The number of ether oxygens (including phenoxy) is 1. The minimum absolute atomic E-state index is 0.169. The molecule has 0 unspecified atom stereocenters. The number of nitrogens with one attached hydrogen (secondary N) is 2. The lowest BCUT2D eigenvalue weighted by molar-refractivity contribution is 0.0977. The highest BCUT2D eigenvalue weighted by molar-refractivity contribution is 7.80. The first-order chi connectivity index (χ1) is 13.0. The molecule has 3 aromatic rings.